The molecule has 2 amide bonds. The highest BCUT2D eigenvalue weighted by molar-refractivity contribution is 6.01. The van der Waals surface area contributed by atoms with E-state index < -0.39 is 6.04 Å². The number of morpholine rings is 1. The summed E-state index contributed by atoms with van der Waals surface area (Å²) in [4.78, 5) is 30.0. The molecule has 0 bridgehead atoms. The van der Waals surface area contributed by atoms with Crippen molar-refractivity contribution in [2.75, 3.05) is 26.3 Å². The largest absolute Gasteiger partial charge is 0.463 e. The number of ether oxygens (including phenoxy) is 1. The van der Waals surface area contributed by atoms with Crippen molar-refractivity contribution < 1.29 is 18.7 Å². The normalized spacial score (nSPS) is 17.8. The summed E-state index contributed by atoms with van der Waals surface area (Å²) >= 11 is 0. The Bertz CT molecular complexity index is 917. The Morgan fingerprint density at radius 2 is 1.84 bits per heavy atom. The second kappa shape index (κ2) is 9.66. The average Bonchev–Trinajstić information content (AvgIpc) is 3.35. The van der Waals surface area contributed by atoms with Gasteiger partial charge in [0.25, 0.3) is 5.91 Å². The van der Waals surface area contributed by atoms with Gasteiger partial charge in [0, 0.05) is 25.2 Å². The van der Waals surface area contributed by atoms with Crippen LogP contribution < -0.4 is 5.32 Å². The van der Waals surface area contributed by atoms with Gasteiger partial charge in [0.2, 0.25) is 5.91 Å². The molecule has 4 rings (SSSR count). The van der Waals surface area contributed by atoms with E-state index in [2.05, 4.69) is 24.1 Å². The van der Waals surface area contributed by atoms with Gasteiger partial charge in [0.15, 0.2) is 0 Å². The van der Waals surface area contributed by atoms with Crippen molar-refractivity contribution in [3.8, 4) is 0 Å². The van der Waals surface area contributed by atoms with Crippen molar-refractivity contribution in [1.82, 2.24) is 15.1 Å². The van der Waals surface area contributed by atoms with Crippen molar-refractivity contribution in [2.45, 2.75) is 45.9 Å². The number of hydrogen-bond acceptors (Lipinski definition) is 5. The van der Waals surface area contributed by atoms with E-state index >= 15 is 0 Å². The van der Waals surface area contributed by atoms with Gasteiger partial charge >= 0.3 is 0 Å². The monoisotopic (exact) mass is 425 g/mol. The summed E-state index contributed by atoms with van der Waals surface area (Å²) in [5.41, 5.74) is 1.68. The Morgan fingerprint density at radius 1 is 1.10 bits per heavy atom. The smallest absolute Gasteiger partial charge is 0.255 e. The molecular formula is C24H31N3O4. The molecule has 0 unspecified atom stereocenters. The summed E-state index contributed by atoms with van der Waals surface area (Å²) in [5.74, 6) is 1.69. The van der Waals surface area contributed by atoms with E-state index in [1.165, 1.54) is 0 Å². The first-order valence-corrected chi connectivity index (χ1v) is 11.1. The second-order valence-electron chi connectivity index (χ2n) is 8.71. The van der Waals surface area contributed by atoms with Gasteiger partial charge < -0.3 is 19.4 Å². The van der Waals surface area contributed by atoms with Crippen LogP contribution >= 0.6 is 0 Å². The van der Waals surface area contributed by atoms with Gasteiger partial charge in [-0.2, -0.15) is 0 Å². The zero-order chi connectivity index (χ0) is 21.8. The van der Waals surface area contributed by atoms with E-state index in [-0.39, 0.29) is 17.7 Å². The van der Waals surface area contributed by atoms with E-state index in [9.17, 15) is 9.59 Å². The standard InChI is InChI=1S/C24H31N3O4/c1-17(2)13-22(27-15-18-5-3-4-6-21(18)24(27)29)23(28)25-14-19-7-8-20(31-19)16-26-9-11-30-12-10-26/h3-8,17,22H,9-16H2,1-2H3,(H,25,28)/t22-/m1/s1. The minimum absolute atomic E-state index is 0.0674. The molecule has 2 aromatic rings. The highest BCUT2D eigenvalue weighted by Crippen LogP contribution is 2.27. The Morgan fingerprint density at radius 3 is 2.58 bits per heavy atom. The average molecular weight is 426 g/mol. The van der Waals surface area contributed by atoms with Crippen molar-refractivity contribution in [3.05, 3.63) is 59.0 Å². The molecule has 7 heteroatoms. The van der Waals surface area contributed by atoms with Crippen molar-refractivity contribution >= 4 is 11.8 Å². The van der Waals surface area contributed by atoms with Gasteiger partial charge in [-0.15, -0.1) is 0 Å². The fraction of sp³-hybridized carbons (Fsp3) is 0.500. The fourth-order valence-electron chi connectivity index (χ4n) is 4.22. The highest BCUT2D eigenvalue weighted by atomic mass is 16.5. The summed E-state index contributed by atoms with van der Waals surface area (Å²) in [7, 11) is 0. The first-order valence-electron chi connectivity index (χ1n) is 11.1. The molecule has 1 N–H and O–H groups in total. The number of fused-ring (bicyclic) bond motifs is 1. The maximum atomic E-state index is 13.1. The summed E-state index contributed by atoms with van der Waals surface area (Å²) < 4.78 is 11.3. The summed E-state index contributed by atoms with van der Waals surface area (Å²) in [6.45, 7) is 8.96. The minimum atomic E-state index is -0.498. The Kier molecular flexibility index (Phi) is 6.73. The van der Waals surface area contributed by atoms with E-state index in [0.29, 0.717) is 25.1 Å². The molecule has 1 aromatic carbocycles. The van der Waals surface area contributed by atoms with Crippen LogP contribution in [0.4, 0.5) is 0 Å². The summed E-state index contributed by atoms with van der Waals surface area (Å²) in [6, 6.07) is 11.0. The van der Waals surface area contributed by atoms with Crippen LogP contribution in [0.2, 0.25) is 0 Å². The number of nitrogens with one attached hydrogen (secondary N) is 1. The van der Waals surface area contributed by atoms with E-state index in [4.69, 9.17) is 9.15 Å². The van der Waals surface area contributed by atoms with Crippen LogP contribution in [0.5, 0.6) is 0 Å². The van der Waals surface area contributed by atoms with Crippen LogP contribution in [-0.2, 0) is 29.2 Å². The molecule has 2 aliphatic rings. The molecule has 0 aliphatic carbocycles. The molecule has 3 heterocycles. The molecule has 0 saturated carbocycles. The molecule has 7 nitrogen and oxygen atoms in total. The summed E-state index contributed by atoms with van der Waals surface area (Å²) in [5, 5.41) is 2.99. The van der Waals surface area contributed by atoms with Crippen LogP contribution in [0.25, 0.3) is 0 Å². The lowest BCUT2D eigenvalue weighted by molar-refractivity contribution is -0.126. The number of carbonyl (C=O) groups excluding carboxylic acids is 2. The van der Waals surface area contributed by atoms with E-state index in [1.54, 1.807) is 4.90 Å². The summed E-state index contributed by atoms with van der Waals surface area (Å²) in [6.07, 6.45) is 0.617. The third kappa shape index (κ3) is 5.17. The minimum Gasteiger partial charge on any atom is -0.463 e. The fourth-order valence-corrected chi connectivity index (χ4v) is 4.22. The maximum Gasteiger partial charge on any atom is 0.255 e. The lowest BCUT2D eigenvalue weighted by Gasteiger charge is -2.28. The van der Waals surface area contributed by atoms with Crippen LogP contribution in [0.3, 0.4) is 0 Å². The zero-order valence-electron chi connectivity index (χ0n) is 18.3. The van der Waals surface area contributed by atoms with E-state index in [1.807, 2.05) is 36.4 Å². The number of carbonyl (C=O) groups is 2. The Hall–Kier alpha value is -2.64. The quantitative estimate of drug-likeness (QED) is 0.704. The van der Waals surface area contributed by atoms with Crippen LogP contribution in [0.1, 0.15) is 47.7 Å². The molecule has 1 aromatic heterocycles. The number of benzene rings is 1. The van der Waals surface area contributed by atoms with Crippen LogP contribution in [0.15, 0.2) is 40.8 Å². The second-order valence-corrected chi connectivity index (χ2v) is 8.71. The number of furan rings is 1. The van der Waals surface area contributed by atoms with Crippen molar-refractivity contribution in [1.29, 1.82) is 0 Å². The molecule has 0 spiro atoms. The molecule has 1 saturated heterocycles. The van der Waals surface area contributed by atoms with Crippen LogP contribution in [-0.4, -0.2) is 54.0 Å². The Balaban J connectivity index is 1.37. The predicted octanol–water partition coefficient (Wildman–Crippen LogP) is 2.80. The first kappa shape index (κ1) is 21.6. The van der Waals surface area contributed by atoms with Gasteiger partial charge in [0.05, 0.1) is 26.3 Å². The SMILES string of the molecule is CC(C)C[C@H](C(=O)NCc1ccc(CN2CCOCC2)o1)N1Cc2ccccc2C1=O. The van der Waals surface area contributed by atoms with Gasteiger partial charge in [-0.1, -0.05) is 32.0 Å². The van der Waals surface area contributed by atoms with Gasteiger partial charge in [0.1, 0.15) is 17.6 Å². The molecule has 1 atom stereocenters. The Labute approximate surface area is 183 Å². The van der Waals surface area contributed by atoms with Gasteiger partial charge in [-0.05, 0) is 36.1 Å². The third-order valence-electron chi connectivity index (χ3n) is 5.86. The molecular weight excluding hydrogens is 394 g/mol. The first-order chi connectivity index (χ1) is 15.0. The molecule has 31 heavy (non-hydrogen) atoms. The molecule has 0 radical (unpaired) electrons. The maximum absolute atomic E-state index is 13.1. The topological polar surface area (TPSA) is 75.0 Å². The predicted molar refractivity (Wildman–Crippen MR) is 116 cm³/mol. The third-order valence-corrected chi connectivity index (χ3v) is 5.86. The number of hydrogen-bond donors (Lipinski definition) is 1. The molecule has 2 aliphatic heterocycles. The highest BCUT2D eigenvalue weighted by Gasteiger charge is 2.36. The van der Waals surface area contributed by atoms with Crippen molar-refractivity contribution in [2.24, 2.45) is 5.92 Å². The lowest BCUT2D eigenvalue weighted by Crippen LogP contribution is -2.47. The molecule has 1 fully saturated rings. The zero-order valence-corrected chi connectivity index (χ0v) is 18.3. The number of amides is 2. The van der Waals surface area contributed by atoms with E-state index in [0.717, 1.165) is 49.9 Å². The van der Waals surface area contributed by atoms with Crippen LogP contribution in [0, 0.1) is 5.92 Å². The molecule has 166 valence electrons. The number of rotatable bonds is 8. The van der Waals surface area contributed by atoms with Crippen molar-refractivity contribution in [3.63, 3.8) is 0 Å². The number of nitrogens with zero attached hydrogens (tertiary/aromatic N) is 2. The van der Waals surface area contributed by atoms with Gasteiger partial charge in [-0.25, -0.2) is 0 Å². The van der Waals surface area contributed by atoms with Gasteiger partial charge in [-0.3, -0.25) is 14.5 Å². The lowest BCUT2D eigenvalue weighted by atomic mass is 10.0.